The summed E-state index contributed by atoms with van der Waals surface area (Å²) >= 11 is 0. The number of carbonyl (C=O) groups is 1. The minimum Gasteiger partial charge on any atom is -0.497 e. The average molecular weight is 403 g/mol. The van der Waals surface area contributed by atoms with Gasteiger partial charge in [0.15, 0.2) is 5.96 Å². The van der Waals surface area contributed by atoms with Crippen molar-refractivity contribution in [1.29, 1.82) is 0 Å². The molecular weight excluding hydrogens is 368 g/mol. The molecule has 3 rings (SSSR count). The Hall–Kier alpha value is -2.44. The molecule has 29 heavy (non-hydrogen) atoms. The first-order chi connectivity index (χ1) is 14.2. The molecule has 1 aromatic rings. The number of rotatable bonds is 10. The summed E-state index contributed by atoms with van der Waals surface area (Å²) in [6.07, 6.45) is 7.01. The molecule has 0 radical (unpaired) electrons. The maximum absolute atomic E-state index is 11.7. The van der Waals surface area contributed by atoms with Gasteiger partial charge in [0, 0.05) is 37.2 Å². The molecule has 0 aromatic heterocycles. The van der Waals surface area contributed by atoms with E-state index in [0.29, 0.717) is 19.6 Å². The molecular formula is C22H34N4O3. The van der Waals surface area contributed by atoms with Crippen LogP contribution >= 0.6 is 0 Å². The number of carbonyl (C=O) groups excluding carboxylic acids is 1. The summed E-state index contributed by atoms with van der Waals surface area (Å²) in [6.45, 7) is 4.55. The number of aliphatic imine (C=N–C) groups is 1. The minimum atomic E-state index is 0.167. The van der Waals surface area contributed by atoms with Gasteiger partial charge in [-0.05, 0) is 57.6 Å². The highest BCUT2D eigenvalue weighted by atomic mass is 16.5. The first-order valence-corrected chi connectivity index (χ1v) is 10.8. The Morgan fingerprint density at radius 3 is 2.55 bits per heavy atom. The SMILES string of the molecule is CCNC(=NCc1ccc(OC)cc1OC1CCCC1)NCCNC(=O)C1CC1. The third-order valence-electron chi connectivity index (χ3n) is 5.29. The van der Waals surface area contributed by atoms with Gasteiger partial charge in [-0.2, -0.15) is 0 Å². The van der Waals surface area contributed by atoms with E-state index >= 15 is 0 Å². The lowest BCUT2D eigenvalue weighted by molar-refractivity contribution is -0.122. The van der Waals surface area contributed by atoms with Crippen molar-refractivity contribution in [2.45, 2.75) is 58.1 Å². The summed E-state index contributed by atoms with van der Waals surface area (Å²) < 4.78 is 11.6. The molecule has 2 fully saturated rings. The molecule has 1 amide bonds. The van der Waals surface area contributed by atoms with Gasteiger partial charge in [-0.3, -0.25) is 4.79 Å². The van der Waals surface area contributed by atoms with Gasteiger partial charge >= 0.3 is 0 Å². The normalized spacial score (nSPS) is 17.1. The molecule has 3 N–H and O–H groups in total. The maximum atomic E-state index is 11.7. The van der Waals surface area contributed by atoms with E-state index in [1.165, 1.54) is 12.8 Å². The highest BCUT2D eigenvalue weighted by molar-refractivity contribution is 5.81. The Morgan fingerprint density at radius 2 is 1.86 bits per heavy atom. The highest BCUT2D eigenvalue weighted by Crippen LogP contribution is 2.30. The van der Waals surface area contributed by atoms with Crippen LogP contribution < -0.4 is 25.4 Å². The van der Waals surface area contributed by atoms with Gasteiger partial charge < -0.3 is 25.4 Å². The molecule has 2 aliphatic rings. The van der Waals surface area contributed by atoms with E-state index in [-0.39, 0.29) is 17.9 Å². The van der Waals surface area contributed by atoms with Gasteiger partial charge in [0.05, 0.1) is 19.8 Å². The zero-order chi connectivity index (χ0) is 20.5. The third kappa shape index (κ3) is 6.84. The van der Waals surface area contributed by atoms with Gasteiger partial charge in [0.25, 0.3) is 0 Å². The van der Waals surface area contributed by atoms with Crippen molar-refractivity contribution in [1.82, 2.24) is 16.0 Å². The average Bonchev–Trinajstić information content (AvgIpc) is 3.47. The lowest BCUT2D eigenvalue weighted by Gasteiger charge is -2.17. The number of nitrogens with one attached hydrogen (secondary N) is 3. The molecule has 0 aliphatic heterocycles. The Labute approximate surface area is 173 Å². The lowest BCUT2D eigenvalue weighted by atomic mass is 10.2. The quantitative estimate of drug-likeness (QED) is 0.318. The fraction of sp³-hybridized carbons (Fsp3) is 0.636. The molecule has 0 spiro atoms. The van der Waals surface area contributed by atoms with Gasteiger partial charge in [0.1, 0.15) is 11.5 Å². The number of hydrogen-bond donors (Lipinski definition) is 3. The maximum Gasteiger partial charge on any atom is 0.223 e. The van der Waals surface area contributed by atoms with Crippen LogP contribution in [0.15, 0.2) is 23.2 Å². The van der Waals surface area contributed by atoms with Crippen LogP contribution in [-0.4, -0.2) is 44.7 Å². The summed E-state index contributed by atoms with van der Waals surface area (Å²) in [6, 6.07) is 5.92. The van der Waals surface area contributed by atoms with Crippen molar-refractivity contribution in [2.24, 2.45) is 10.9 Å². The van der Waals surface area contributed by atoms with Crippen LogP contribution in [0.1, 0.15) is 51.0 Å². The van der Waals surface area contributed by atoms with Crippen LogP contribution in [0.4, 0.5) is 0 Å². The van der Waals surface area contributed by atoms with Crippen molar-refractivity contribution in [2.75, 3.05) is 26.7 Å². The molecule has 2 aliphatic carbocycles. The Morgan fingerprint density at radius 1 is 1.10 bits per heavy atom. The molecule has 2 saturated carbocycles. The van der Waals surface area contributed by atoms with E-state index in [4.69, 9.17) is 14.5 Å². The van der Waals surface area contributed by atoms with E-state index in [0.717, 1.165) is 55.3 Å². The fourth-order valence-electron chi connectivity index (χ4n) is 3.45. The summed E-state index contributed by atoms with van der Waals surface area (Å²) in [5.41, 5.74) is 1.04. The molecule has 1 aromatic carbocycles. The van der Waals surface area contributed by atoms with Crippen LogP contribution in [0.3, 0.4) is 0 Å². The van der Waals surface area contributed by atoms with Gasteiger partial charge in [-0.1, -0.05) is 0 Å². The first-order valence-electron chi connectivity index (χ1n) is 10.8. The zero-order valence-corrected chi connectivity index (χ0v) is 17.6. The second-order valence-corrected chi connectivity index (χ2v) is 7.69. The Bertz CT molecular complexity index is 697. The van der Waals surface area contributed by atoms with E-state index < -0.39 is 0 Å². The van der Waals surface area contributed by atoms with Crippen LogP contribution in [0.2, 0.25) is 0 Å². The number of nitrogens with zero attached hydrogens (tertiary/aromatic N) is 1. The molecule has 7 nitrogen and oxygen atoms in total. The smallest absolute Gasteiger partial charge is 0.223 e. The number of methoxy groups -OCH3 is 1. The van der Waals surface area contributed by atoms with E-state index in [1.54, 1.807) is 7.11 Å². The van der Waals surface area contributed by atoms with E-state index in [1.807, 2.05) is 25.1 Å². The largest absolute Gasteiger partial charge is 0.497 e. The molecule has 160 valence electrons. The summed E-state index contributed by atoms with van der Waals surface area (Å²) in [7, 11) is 1.67. The summed E-state index contributed by atoms with van der Waals surface area (Å²) in [5, 5.41) is 9.49. The third-order valence-corrected chi connectivity index (χ3v) is 5.29. The van der Waals surface area contributed by atoms with Crippen molar-refractivity contribution in [3.05, 3.63) is 23.8 Å². The van der Waals surface area contributed by atoms with Crippen molar-refractivity contribution < 1.29 is 14.3 Å². The van der Waals surface area contributed by atoms with Gasteiger partial charge in [-0.25, -0.2) is 4.99 Å². The molecule has 0 saturated heterocycles. The highest BCUT2D eigenvalue weighted by Gasteiger charge is 2.29. The summed E-state index contributed by atoms with van der Waals surface area (Å²) in [5.74, 6) is 2.79. The van der Waals surface area contributed by atoms with Crippen LogP contribution in [0.5, 0.6) is 11.5 Å². The second kappa shape index (κ2) is 10.9. The predicted molar refractivity (Wildman–Crippen MR) is 114 cm³/mol. The number of hydrogen-bond acceptors (Lipinski definition) is 4. The molecule has 0 heterocycles. The minimum absolute atomic E-state index is 0.167. The monoisotopic (exact) mass is 402 g/mol. The topological polar surface area (TPSA) is 84.0 Å². The second-order valence-electron chi connectivity index (χ2n) is 7.69. The van der Waals surface area contributed by atoms with Crippen molar-refractivity contribution in [3.63, 3.8) is 0 Å². The zero-order valence-electron chi connectivity index (χ0n) is 17.6. The van der Waals surface area contributed by atoms with Gasteiger partial charge in [0.2, 0.25) is 5.91 Å². The summed E-state index contributed by atoms with van der Waals surface area (Å²) in [4.78, 5) is 16.4. The number of guanidine groups is 1. The number of amides is 1. The molecule has 0 unspecified atom stereocenters. The standard InChI is InChI=1S/C22H34N4O3/c1-3-23-22(25-13-12-24-21(27)16-8-9-16)26-15-17-10-11-19(28-2)14-20(17)29-18-6-4-5-7-18/h10-11,14,16,18H,3-9,12-13,15H2,1-2H3,(H,24,27)(H2,23,25,26). The van der Waals surface area contributed by atoms with Gasteiger partial charge in [-0.15, -0.1) is 0 Å². The molecule has 0 atom stereocenters. The molecule has 0 bridgehead atoms. The fourth-order valence-corrected chi connectivity index (χ4v) is 3.45. The Kier molecular flexibility index (Phi) is 8.02. The predicted octanol–water partition coefficient (Wildman–Crippen LogP) is 2.60. The Balaban J connectivity index is 1.57. The van der Waals surface area contributed by atoms with Crippen molar-refractivity contribution in [3.8, 4) is 11.5 Å². The van der Waals surface area contributed by atoms with E-state index in [2.05, 4.69) is 16.0 Å². The van der Waals surface area contributed by atoms with Crippen LogP contribution in [-0.2, 0) is 11.3 Å². The molecule has 7 heteroatoms. The number of ether oxygens (including phenoxy) is 2. The van der Waals surface area contributed by atoms with Crippen LogP contribution in [0, 0.1) is 5.92 Å². The van der Waals surface area contributed by atoms with Crippen molar-refractivity contribution >= 4 is 11.9 Å². The number of benzene rings is 1. The van der Waals surface area contributed by atoms with Crippen LogP contribution in [0.25, 0.3) is 0 Å². The van der Waals surface area contributed by atoms with E-state index in [9.17, 15) is 4.79 Å². The first kappa shape index (κ1) is 21.3. The lowest BCUT2D eigenvalue weighted by Crippen LogP contribution is -2.41.